The molecule has 4 N–H and O–H groups in total. The lowest BCUT2D eigenvalue weighted by atomic mass is 10.2. The van der Waals surface area contributed by atoms with Gasteiger partial charge < -0.3 is 15.4 Å². The minimum Gasteiger partial charge on any atom is -0.378 e. The summed E-state index contributed by atoms with van der Waals surface area (Å²) in [6.45, 7) is 3.22. The number of nitrogens with two attached hydrogens (primary N) is 1. The summed E-state index contributed by atoms with van der Waals surface area (Å²) in [7, 11) is 0. The van der Waals surface area contributed by atoms with Crippen molar-refractivity contribution in [3.05, 3.63) is 45.2 Å². The first kappa shape index (κ1) is 21.2. The number of hydrogen-bond donors (Lipinski definition) is 3. The third kappa shape index (κ3) is 4.66. The molecule has 14 heteroatoms. The van der Waals surface area contributed by atoms with E-state index in [1.54, 1.807) is 18.2 Å². The molecule has 0 atom stereocenters. The second-order valence-corrected chi connectivity index (χ2v) is 7.44. The molecule has 0 radical (unpaired) electrons. The number of nitrogens with zero attached hydrogens (tertiary/aromatic N) is 6. The highest BCUT2D eigenvalue weighted by atomic mass is 35.5. The van der Waals surface area contributed by atoms with E-state index in [2.05, 4.69) is 35.8 Å². The zero-order valence-electron chi connectivity index (χ0n) is 16.1. The number of anilines is 1. The summed E-state index contributed by atoms with van der Waals surface area (Å²) in [5.41, 5.74) is 9.36. The van der Waals surface area contributed by atoms with Crippen molar-refractivity contribution >= 4 is 41.1 Å². The Morgan fingerprint density at radius 3 is 2.87 bits per heavy atom. The first-order valence-electron chi connectivity index (χ1n) is 9.26. The van der Waals surface area contributed by atoms with E-state index in [4.69, 9.17) is 33.7 Å². The van der Waals surface area contributed by atoms with E-state index in [1.165, 1.54) is 15.8 Å². The van der Waals surface area contributed by atoms with E-state index >= 15 is 0 Å². The van der Waals surface area contributed by atoms with Crippen molar-refractivity contribution < 1.29 is 19.1 Å². The number of ether oxygens (including phenoxy) is 1. The van der Waals surface area contributed by atoms with Crippen LogP contribution in [0.3, 0.4) is 0 Å². The first-order chi connectivity index (χ1) is 15.0. The van der Waals surface area contributed by atoms with Crippen LogP contribution in [0.2, 0.25) is 10.0 Å². The van der Waals surface area contributed by atoms with Crippen LogP contribution in [0.15, 0.2) is 27.9 Å². The average Bonchev–Trinajstić information content (AvgIpc) is 3.37. The molecule has 0 unspecified atom stereocenters. The van der Waals surface area contributed by atoms with Crippen molar-refractivity contribution in [3.8, 4) is 5.82 Å². The van der Waals surface area contributed by atoms with Gasteiger partial charge in [-0.2, -0.15) is 9.78 Å². The van der Waals surface area contributed by atoms with Crippen LogP contribution in [0.5, 0.6) is 0 Å². The summed E-state index contributed by atoms with van der Waals surface area (Å²) in [6.07, 6.45) is 1.39. The van der Waals surface area contributed by atoms with Crippen molar-refractivity contribution in [2.45, 2.75) is 6.54 Å². The molecule has 0 aliphatic carbocycles. The van der Waals surface area contributed by atoms with Crippen molar-refractivity contribution in [3.63, 3.8) is 0 Å². The Morgan fingerprint density at radius 2 is 2.13 bits per heavy atom. The molecule has 1 aliphatic rings. The Kier molecular flexibility index (Phi) is 6.42. The van der Waals surface area contributed by atoms with Gasteiger partial charge in [0.25, 0.3) is 5.91 Å². The zero-order valence-corrected chi connectivity index (χ0v) is 17.6. The molecule has 31 heavy (non-hydrogen) atoms. The number of amides is 1. The van der Waals surface area contributed by atoms with Gasteiger partial charge in [-0.05, 0) is 16.4 Å². The third-order valence-electron chi connectivity index (χ3n) is 4.64. The van der Waals surface area contributed by atoms with Gasteiger partial charge in [-0.1, -0.05) is 40.5 Å². The lowest BCUT2D eigenvalue weighted by Crippen LogP contribution is -3.12. The fraction of sp³-hybridized carbons (Fsp3) is 0.294. The molecule has 1 fully saturated rings. The number of rotatable bonds is 6. The Balaban J connectivity index is 1.58. The monoisotopic (exact) mass is 466 g/mol. The molecule has 0 spiro atoms. The molecule has 2 aromatic heterocycles. The topological polar surface area (TPSA) is 151 Å². The van der Waals surface area contributed by atoms with Crippen LogP contribution in [0, 0.1) is 0 Å². The Labute approximate surface area is 185 Å². The van der Waals surface area contributed by atoms with Gasteiger partial charge in [-0.3, -0.25) is 4.79 Å². The molecular weight excluding hydrogens is 449 g/mol. The van der Waals surface area contributed by atoms with Crippen LogP contribution in [-0.2, 0) is 11.3 Å². The maximum atomic E-state index is 12.8. The second kappa shape index (κ2) is 9.39. The molecule has 162 valence electrons. The van der Waals surface area contributed by atoms with Crippen LogP contribution >= 0.6 is 23.2 Å². The Bertz CT molecular complexity index is 1110. The predicted molar refractivity (Wildman–Crippen MR) is 110 cm³/mol. The molecule has 1 saturated heterocycles. The number of benzene rings is 1. The number of morpholine rings is 1. The third-order valence-corrected chi connectivity index (χ3v) is 5.48. The quantitative estimate of drug-likeness (QED) is 0.331. The lowest BCUT2D eigenvalue weighted by molar-refractivity contribution is -0.921. The van der Waals surface area contributed by atoms with Crippen LogP contribution in [0.1, 0.15) is 21.7 Å². The number of quaternary nitrogens is 1. The molecule has 3 aromatic rings. The summed E-state index contributed by atoms with van der Waals surface area (Å²) < 4.78 is 11.4. The maximum Gasteiger partial charge on any atom is 0.294 e. The van der Waals surface area contributed by atoms with Crippen LogP contribution in [0.4, 0.5) is 5.82 Å². The van der Waals surface area contributed by atoms with Crippen molar-refractivity contribution in [1.29, 1.82) is 0 Å². The summed E-state index contributed by atoms with van der Waals surface area (Å²) >= 11 is 12.1. The molecule has 1 amide bonds. The molecule has 0 saturated carbocycles. The Morgan fingerprint density at radius 1 is 1.32 bits per heavy atom. The van der Waals surface area contributed by atoms with E-state index in [-0.39, 0.29) is 17.3 Å². The largest absolute Gasteiger partial charge is 0.378 e. The maximum absolute atomic E-state index is 12.8. The van der Waals surface area contributed by atoms with Gasteiger partial charge >= 0.3 is 0 Å². The van der Waals surface area contributed by atoms with Crippen LogP contribution in [-0.4, -0.2) is 63.7 Å². The SMILES string of the molecule is Nc1nonc1-n1nnc(C(=O)N/N=C\c2cccc(Cl)c2Cl)c1C[NH+]1CCOCC1. The predicted octanol–water partition coefficient (Wildman–Crippen LogP) is -0.282. The normalized spacial score (nSPS) is 14.9. The summed E-state index contributed by atoms with van der Waals surface area (Å²) in [5, 5.41) is 20.0. The number of carbonyl (C=O) groups excluding carboxylic acids is 1. The Hall–Kier alpha value is -3.06. The summed E-state index contributed by atoms with van der Waals surface area (Å²) in [5.74, 6) is -0.370. The molecule has 1 aromatic carbocycles. The van der Waals surface area contributed by atoms with Gasteiger partial charge in [0, 0.05) is 5.56 Å². The fourth-order valence-electron chi connectivity index (χ4n) is 3.05. The first-order valence-corrected chi connectivity index (χ1v) is 10.0. The minimum absolute atomic E-state index is 0.0312. The molecular formula is C17H18Cl2N9O3+. The van der Waals surface area contributed by atoms with Gasteiger partial charge in [0.1, 0.15) is 25.3 Å². The van der Waals surface area contributed by atoms with Crippen LogP contribution in [0.25, 0.3) is 5.82 Å². The molecule has 4 rings (SSSR count). The number of carbonyl (C=O) groups is 1. The highest BCUT2D eigenvalue weighted by Crippen LogP contribution is 2.24. The number of nitrogens with one attached hydrogen (secondary N) is 2. The van der Waals surface area contributed by atoms with Gasteiger partial charge in [0.15, 0.2) is 5.69 Å². The second-order valence-electron chi connectivity index (χ2n) is 6.65. The highest BCUT2D eigenvalue weighted by molar-refractivity contribution is 6.43. The number of hydrazone groups is 1. The summed E-state index contributed by atoms with van der Waals surface area (Å²) in [4.78, 5) is 14.0. The zero-order chi connectivity index (χ0) is 21.8. The molecule has 3 heterocycles. The van der Waals surface area contributed by atoms with E-state index in [9.17, 15) is 4.79 Å². The van der Waals surface area contributed by atoms with Gasteiger partial charge in [0.2, 0.25) is 11.6 Å². The smallest absolute Gasteiger partial charge is 0.294 e. The van der Waals surface area contributed by atoms with Crippen molar-refractivity contribution in [2.24, 2.45) is 5.10 Å². The van der Waals surface area contributed by atoms with E-state index in [1.807, 2.05) is 0 Å². The number of aromatic nitrogens is 5. The fourth-order valence-corrected chi connectivity index (χ4v) is 3.41. The van der Waals surface area contributed by atoms with E-state index in [0.717, 1.165) is 13.1 Å². The van der Waals surface area contributed by atoms with E-state index < -0.39 is 5.91 Å². The standard InChI is InChI=1S/C17H17Cl2N9O3/c18-11-3-1-2-10(13(11)19)8-21-23-17(29)14-12(9-27-4-6-30-7-5-27)28(26-22-14)16-15(20)24-31-25-16/h1-3,8H,4-7,9H2,(H2,20,24)(H,23,29)/p+1/b21-8-. The number of nitrogen functional groups attached to an aromatic ring is 1. The molecule has 12 nitrogen and oxygen atoms in total. The minimum atomic E-state index is -0.557. The summed E-state index contributed by atoms with van der Waals surface area (Å²) in [6, 6.07) is 5.10. The molecule has 1 aliphatic heterocycles. The van der Waals surface area contributed by atoms with Crippen molar-refractivity contribution in [2.75, 3.05) is 32.0 Å². The van der Waals surface area contributed by atoms with Gasteiger partial charge in [0.05, 0.1) is 29.5 Å². The number of hydrogen-bond acceptors (Lipinski definition) is 9. The van der Waals surface area contributed by atoms with Gasteiger partial charge in [-0.25, -0.2) is 10.1 Å². The number of halogens is 2. The lowest BCUT2D eigenvalue weighted by Gasteiger charge is -2.23. The van der Waals surface area contributed by atoms with Gasteiger partial charge in [-0.15, -0.1) is 5.10 Å². The van der Waals surface area contributed by atoms with E-state index in [0.29, 0.717) is 41.1 Å². The molecule has 0 bridgehead atoms. The van der Waals surface area contributed by atoms with Crippen molar-refractivity contribution in [1.82, 2.24) is 30.7 Å². The van der Waals surface area contributed by atoms with Crippen LogP contribution < -0.4 is 16.1 Å². The highest BCUT2D eigenvalue weighted by Gasteiger charge is 2.28. The average molecular weight is 467 g/mol.